The lowest BCUT2D eigenvalue weighted by Gasteiger charge is -2.13. The Labute approximate surface area is 126 Å². The third-order valence-corrected chi connectivity index (χ3v) is 3.64. The minimum atomic E-state index is -0.0112. The molecule has 0 amide bonds. The van der Waals surface area contributed by atoms with Crippen molar-refractivity contribution in [3.63, 3.8) is 0 Å². The summed E-state index contributed by atoms with van der Waals surface area (Å²) in [5.41, 5.74) is 7.31. The second-order valence-electron chi connectivity index (χ2n) is 5.64. The number of Topliss-reactive ketones (excluding diaryl/α,β-unsaturated/α-hetero) is 1. The number of nitrogens with zero attached hydrogens (tertiary/aromatic N) is 2. The molecule has 2 unspecified atom stereocenters. The minimum absolute atomic E-state index is 0.0112. The van der Waals surface area contributed by atoms with Gasteiger partial charge in [0.15, 0.2) is 5.78 Å². The fourth-order valence-corrected chi connectivity index (χ4v) is 2.39. The number of hydrogen-bond acceptors (Lipinski definition) is 3. The molecular formula is C17H23N3O. The molecule has 2 aromatic rings. The fourth-order valence-electron chi connectivity index (χ4n) is 2.39. The predicted octanol–water partition coefficient (Wildman–Crippen LogP) is 3.21. The van der Waals surface area contributed by atoms with Crippen molar-refractivity contribution in [2.45, 2.75) is 39.2 Å². The number of nitrogens with two attached hydrogens (primary N) is 1. The van der Waals surface area contributed by atoms with Gasteiger partial charge in [-0.2, -0.15) is 5.10 Å². The average Bonchev–Trinajstić information content (AvgIpc) is 2.96. The standard InChI is InChI=1S/C17H23N3O/c1-13(7-6-8-14(2)18)17(21)16-11-12-19-20(16)15-9-4-3-5-10-15/h3-5,9-14H,6-8,18H2,1-2H3. The normalized spacial score (nSPS) is 13.9. The van der Waals surface area contributed by atoms with E-state index in [2.05, 4.69) is 5.10 Å². The molecule has 0 saturated heterocycles. The minimum Gasteiger partial charge on any atom is -0.328 e. The van der Waals surface area contributed by atoms with E-state index in [9.17, 15) is 4.79 Å². The number of carbonyl (C=O) groups excluding carboxylic acids is 1. The Hall–Kier alpha value is -1.94. The molecule has 112 valence electrons. The highest BCUT2D eigenvalue weighted by atomic mass is 16.1. The topological polar surface area (TPSA) is 60.9 Å². The molecule has 0 radical (unpaired) electrons. The first-order valence-corrected chi connectivity index (χ1v) is 7.49. The van der Waals surface area contributed by atoms with E-state index in [1.807, 2.05) is 44.2 Å². The van der Waals surface area contributed by atoms with E-state index in [0.29, 0.717) is 5.69 Å². The van der Waals surface area contributed by atoms with Crippen LogP contribution in [0.3, 0.4) is 0 Å². The quantitative estimate of drug-likeness (QED) is 0.795. The third-order valence-electron chi connectivity index (χ3n) is 3.64. The molecule has 1 aromatic heterocycles. The largest absolute Gasteiger partial charge is 0.328 e. The molecule has 1 aromatic carbocycles. The lowest BCUT2D eigenvalue weighted by atomic mass is 9.96. The Morgan fingerprint density at radius 2 is 1.90 bits per heavy atom. The summed E-state index contributed by atoms with van der Waals surface area (Å²) in [5, 5.41) is 4.27. The van der Waals surface area contributed by atoms with Gasteiger partial charge in [-0.3, -0.25) is 4.79 Å². The monoisotopic (exact) mass is 285 g/mol. The van der Waals surface area contributed by atoms with E-state index >= 15 is 0 Å². The molecule has 21 heavy (non-hydrogen) atoms. The molecule has 0 spiro atoms. The summed E-state index contributed by atoms with van der Waals surface area (Å²) in [4.78, 5) is 12.6. The maximum atomic E-state index is 12.6. The highest BCUT2D eigenvalue weighted by Crippen LogP contribution is 2.18. The van der Waals surface area contributed by atoms with Crippen LogP contribution in [0, 0.1) is 5.92 Å². The van der Waals surface area contributed by atoms with Gasteiger partial charge < -0.3 is 5.73 Å². The number of benzene rings is 1. The van der Waals surface area contributed by atoms with Crippen LogP contribution in [0.2, 0.25) is 0 Å². The lowest BCUT2D eigenvalue weighted by molar-refractivity contribution is 0.0914. The summed E-state index contributed by atoms with van der Waals surface area (Å²) in [7, 11) is 0. The zero-order valence-electron chi connectivity index (χ0n) is 12.7. The second-order valence-corrected chi connectivity index (χ2v) is 5.64. The molecule has 0 fully saturated rings. The molecule has 4 heteroatoms. The molecule has 0 saturated carbocycles. The summed E-state index contributed by atoms with van der Waals surface area (Å²) < 4.78 is 1.71. The highest BCUT2D eigenvalue weighted by molar-refractivity contribution is 5.96. The zero-order valence-corrected chi connectivity index (χ0v) is 12.7. The Morgan fingerprint density at radius 3 is 2.57 bits per heavy atom. The SMILES string of the molecule is CC(N)CCCC(C)C(=O)c1ccnn1-c1ccccc1. The second kappa shape index (κ2) is 7.18. The van der Waals surface area contributed by atoms with Crippen LogP contribution in [-0.4, -0.2) is 21.6 Å². The van der Waals surface area contributed by atoms with Crippen LogP contribution in [0.15, 0.2) is 42.6 Å². The van der Waals surface area contributed by atoms with Crippen LogP contribution in [0.4, 0.5) is 0 Å². The molecule has 0 aliphatic heterocycles. The average molecular weight is 285 g/mol. The van der Waals surface area contributed by atoms with E-state index in [-0.39, 0.29) is 17.7 Å². The summed E-state index contributed by atoms with van der Waals surface area (Å²) >= 11 is 0. The zero-order chi connectivity index (χ0) is 15.2. The molecule has 4 nitrogen and oxygen atoms in total. The molecule has 0 bridgehead atoms. The fraction of sp³-hybridized carbons (Fsp3) is 0.412. The summed E-state index contributed by atoms with van der Waals surface area (Å²) in [6, 6.07) is 11.7. The molecule has 0 aliphatic carbocycles. The van der Waals surface area contributed by atoms with Crippen molar-refractivity contribution in [1.29, 1.82) is 0 Å². The van der Waals surface area contributed by atoms with Crippen molar-refractivity contribution >= 4 is 5.78 Å². The van der Waals surface area contributed by atoms with E-state index < -0.39 is 0 Å². The number of para-hydroxylation sites is 1. The van der Waals surface area contributed by atoms with Crippen LogP contribution in [0.1, 0.15) is 43.6 Å². The van der Waals surface area contributed by atoms with Crippen molar-refractivity contribution in [2.24, 2.45) is 11.7 Å². The van der Waals surface area contributed by atoms with Gasteiger partial charge in [-0.1, -0.05) is 31.5 Å². The molecular weight excluding hydrogens is 262 g/mol. The van der Waals surface area contributed by atoms with Crippen LogP contribution < -0.4 is 5.73 Å². The Morgan fingerprint density at radius 1 is 1.19 bits per heavy atom. The number of hydrogen-bond donors (Lipinski definition) is 1. The Balaban J connectivity index is 2.08. The molecule has 0 aliphatic rings. The van der Waals surface area contributed by atoms with Gasteiger partial charge in [0.2, 0.25) is 0 Å². The van der Waals surface area contributed by atoms with Gasteiger partial charge in [0.25, 0.3) is 0 Å². The van der Waals surface area contributed by atoms with Gasteiger partial charge in [-0.05, 0) is 38.0 Å². The molecule has 2 N–H and O–H groups in total. The lowest BCUT2D eigenvalue weighted by Crippen LogP contribution is -2.18. The van der Waals surface area contributed by atoms with Gasteiger partial charge in [0, 0.05) is 12.0 Å². The van der Waals surface area contributed by atoms with Crippen LogP contribution in [0.25, 0.3) is 5.69 Å². The number of carbonyl (C=O) groups is 1. The Bertz CT molecular complexity index is 575. The summed E-state index contributed by atoms with van der Waals surface area (Å²) in [6.07, 6.45) is 4.47. The smallest absolute Gasteiger partial charge is 0.184 e. The maximum Gasteiger partial charge on any atom is 0.184 e. The van der Waals surface area contributed by atoms with Gasteiger partial charge in [0.1, 0.15) is 5.69 Å². The molecule has 2 rings (SSSR count). The van der Waals surface area contributed by atoms with Gasteiger partial charge in [-0.15, -0.1) is 0 Å². The Kier molecular flexibility index (Phi) is 5.28. The van der Waals surface area contributed by atoms with Crippen LogP contribution in [-0.2, 0) is 0 Å². The first-order valence-electron chi connectivity index (χ1n) is 7.49. The van der Waals surface area contributed by atoms with Gasteiger partial charge in [-0.25, -0.2) is 4.68 Å². The van der Waals surface area contributed by atoms with Crippen LogP contribution in [0.5, 0.6) is 0 Å². The highest BCUT2D eigenvalue weighted by Gasteiger charge is 2.19. The molecule has 1 heterocycles. The third kappa shape index (κ3) is 4.02. The van der Waals surface area contributed by atoms with Crippen molar-refractivity contribution in [3.05, 3.63) is 48.3 Å². The number of rotatable bonds is 7. The van der Waals surface area contributed by atoms with Crippen molar-refractivity contribution in [2.75, 3.05) is 0 Å². The molecule has 2 atom stereocenters. The van der Waals surface area contributed by atoms with Gasteiger partial charge in [0.05, 0.1) is 11.9 Å². The first kappa shape index (κ1) is 15.4. The van der Waals surface area contributed by atoms with E-state index in [1.54, 1.807) is 16.9 Å². The summed E-state index contributed by atoms with van der Waals surface area (Å²) in [6.45, 7) is 3.98. The van der Waals surface area contributed by atoms with Crippen molar-refractivity contribution in [1.82, 2.24) is 9.78 Å². The maximum absolute atomic E-state index is 12.6. The number of aromatic nitrogens is 2. The van der Waals surface area contributed by atoms with E-state index in [4.69, 9.17) is 5.73 Å². The van der Waals surface area contributed by atoms with Crippen LogP contribution >= 0.6 is 0 Å². The predicted molar refractivity (Wildman–Crippen MR) is 84.6 cm³/mol. The number of ketones is 1. The van der Waals surface area contributed by atoms with E-state index in [0.717, 1.165) is 24.9 Å². The van der Waals surface area contributed by atoms with Crippen molar-refractivity contribution in [3.8, 4) is 5.69 Å². The summed E-state index contributed by atoms with van der Waals surface area (Å²) in [5.74, 6) is 0.129. The first-order chi connectivity index (χ1) is 10.1. The van der Waals surface area contributed by atoms with E-state index in [1.165, 1.54) is 0 Å². The van der Waals surface area contributed by atoms with Gasteiger partial charge >= 0.3 is 0 Å². The van der Waals surface area contributed by atoms with Crippen molar-refractivity contribution < 1.29 is 4.79 Å².